The number of piperidine rings is 1. The molecule has 0 saturated carbocycles. The molecule has 128 valence electrons. The molecule has 2 aliphatic heterocycles. The van der Waals surface area contributed by atoms with Crippen LogP contribution in [0.3, 0.4) is 0 Å². The van der Waals surface area contributed by atoms with E-state index in [2.05, 4.69) is 15.2 Å². The summed E-state index contributed by atoms with van der Waals surface area (Å²) >= 11 is 0. The molecule has 0 spiro atoms. The highest BCUT2D eigenvalue weighted by molar-refractivity contribution is 5.80. The summed E-state index contributed by atoms with van der Waals surface area (Å²) in [5, 5.41) is 3.09. The van der Waals surface area contributed by atoms with E-state index < -0.39 is 0 Å². The van der Waals surface area contributed by atoms with Crippen LogP contribution in [0, 0.1) is 5.82 Å². The van der Waals surface area contributed by atoms with E-state index in [1.807, 2.05) is 36.4 Å². The van der Waals surface area contributed by atoms with E-state index >= 15 is 0 Å². The van der Waals surface area contributed by atoms with Crippen molar-refractivity contribution in [2.24, 2.45) is 7.05 Å². The Kier molecular flexibility index (Phi) is 3.40. The third-order valence-electron chi connectivity index (χ3n) is 5.15. The number of imidazole rings is 1. The Hall–Kier alpha value is -2.31. The average molecular weight is 331 g/mol. The van der Waals surface area contributed by atoms with E-state index in [0.717, 1.165) is 24.4 Å². The Morgan fingerprint density at radius 2 is 2.17 bits per heavy atom. The van der Waals surface area contributed by atoms with Gasteiger partial charge in [0.1, 0.15) is 5.52 Å². The van der Waals surface area contributed by atoms with Crippen molar-refractivity contribution >= 4 is 23.0 Å². The molecule has 2 amide bonds. The van der Waals surface area contributed by atoms with Gasteiger partial charge in [0.25, 0.3) is 0 Å². The third-order valence-corrected chi connectivity index (χ3v) is 5.15. The van der Waals surface area contributed by atoms with Gasteiger partial charge in [0.2, 0.25) is 5.95 Å². The van der Waals surface area contributed by atoms with Gasteiger partial charge in [-0.1, -0.05) is 6.07 Å². The molecule has 0 unspecified atom stereocenters. The Morgan fingerprint density at radius 1 is 1.38 bits per heavy atom. The second-order valence-corrected chi connectivity index (χ2v) is 6.94. The van der Waals surface area contributed by atoms with Gasteiger partial charge < -0.3 is 19.7 Å². The molecular weight excluding hydrogens is 309 g/mol. The molecule has 2 saturated heterocycles. The molecule has 1 N–H and O–H groups in total. The van der Waals surface area contributed by atoms with Crippen LogP contribution < -0.4 is 10.2 Å². The number of amides is 2. The number of anilines is 1. The first-order chi connectivity index (χ1) is 11.5. The van der Waals surface area contributed by atoms with E-state index in [1.54, 1.807) is 6.07 Å². The molecule has 0 bridgehead atoms. The highest BCUT2D eigenvalue weighted by Crippen LogP contribution is 2.29. The number of para-hydroxylation sites is 1. The number of nitrogens with zero attached hydrogens (tertiary/aromatic N) is 4. The lowest BCUT2D eigenvalue weighted by atomic mass is 9.99. The Morgan fingerprint density at radius 3 is 2.88 bits per heavy atom. The van der Waals surface area contributed by atoms with Gasteiger partial charge in [-0.05, 0) is 32.4 Å². The Labute approximate surface area is 140 Å². The van der Waals surface area contributed by atoms with E-state index in [4.69, 9.17) is 0 Å². The first kappa shape index (κ1) is 15.2. The summed E-state index contributed by atoms with van der Waals surface area (Å²) in [5.74, 6) is 0.454. The van der Waals surface area contributed by atoms with Crippen LogP contribution in [0.4, 0.5) is 15.1 Å². The first-order valence-electron chi connectivity index (χ1n) is 8.42. The van der Waals surface area contributed by atoms with Crippen LogP contribution in [0.15, 0.2) is 18.2 Å². The van der Waals surface area contributed by atoms with Crippen molar-refractivity contribution < 1.29 is 9.18 Å². The van der Waals surface area contributed by atoms with Crippen LogP contribution in [0.5, 0.6) is 0 Å². The molecule has 1 aromatic carbocycles. The molecule has 2 atom stereocenters. The van der Waals surface area contributed by atoms with Crippen molar-refractivity contribution in [3.8, 4) is 0 Å². The van der Waals surface area contributed by atoms with Crippen molar-refractivity contribution in [2.45, 2.75) is 38.4 Å². The number of carbonyl (C=O) groups is 1. The second-order valence-electron chi connectivity index (χ2n) is 6.94. The van der Waals surface area contributed by atoms with Crippen LogP contribution >= 0.6 is 0 Å². The van der Waals surface area contributed by atoms with Gasteiger partial charge in [0.15, 0.2) is 5.82 Å². The summed E-state index contributed by atoms with van der Waals surface area (Å²) in [6.07, 6.45) is 0.882. The molecule has 6 nitrogen and oxygen atoms in total. The number of hydrogen-bond donors (Lipinski definition) is 1. The fourth-order valence-corrected chi connectivity index (χ4v) is 4.05. The van der Waals surface area contributed by atoms with E-state index in [0.29, 0.717) is 12.1 Å². The zero-order chi connectivity index (χ0) is 17.0. The highest BCUT2D eigenvalue weighted by atomic mass is 19.1. The third kappa shape index (κ3) is 2.14. The predicted molar refractivity (Wildman–Crippen MR) is 90.6 cm³/mol. The summed E-state index contributed by atoms with van der Waals surface area (Å²) in [5.41, 5.74) is 1.18. The molecule has 7 heteroatoms. The fraction of sp³-hybridized carbons (Fsp3) is 0.529. The van der Waals surface area contributed by atoms with Gasteiger partial charge in [0, 0.05) is 26.2 Å². The molecule has 0 aliphatic carbocycles. The van der Waals surface area contributed by atoms with Crippen molar-refractivity contribution in [1.29, 1.82) is 0 Å². The molecule has 3 heterocycles. The Bertz CT molecular complexity index is 802. The SMILES string of the molecule is CC(C)N1C(=O)N[C@@H]2CN(c3nc4c(F)cccc4n3C)CC[C@@H]21. The number of aromatic nitrogens is 2. The lowest BCUT2D eigenvalue weighted by molar-refractivity contribution is 0.175. The monoisotopic (exact) mass is 331 g/mol. The van der Waals surface area contributed by atoms with Gasteiger partial charge >= 0.3 is 6.03 Å². The minimum Gasteiger partial charge on any atom is -0.340 e. The zero-order valence-electron chi connectivity index (χ0n) is 14.2. The molecule has 2 fully saturated rings. The van der Waals surface area contributed by atoms with Crippen LogP contribution in [0.1, 0.15) is 20.3 Å². The van der Waals surface area contributed by atoms with Gasteiger partial charge in [0.05, 0.1) is 17.6 Å². The minimum absolute atomic E-state index is 0.0119. The number of fused-ring (bicyclic) bond motifs is 2. The number of nitrogens with one attached hydrogen (secondary N) is 1. The van der Waals surface area contributed by atoms with Gasteiger partial charge in [-0.3, -0.25) is 0 Å². The number of halogens is 1. The second kappa shape index (κ2) is 5.36. The number of aryl methyl sites for hydroxylation is 1. The van der Waals surface area contributed by atoms with Gasteiger partial charge in [-0.25, -0.2) is 14.2 Å². The molecule has 1 aromatic heterocycles. The van der Waals surface area contributed by atoms with E-state index in [-0.39, 0.29) is 30.0 Å². The molecular formula is C17H22FN5O. The van der Waals surface area contributed by atoms with Crippen molar-refractivity contribution in [2.75, 3.05) is 18.0 Å². The van der Waals surface area contributed by atoms with Crippen LogP contribution in [-0.4, -0.2) is 51.7 Å². The minimum atomic E-state index is -0.301. The number of urea groups is 1. The standard InChI is InChI=1S/C17H22FN5O/c1-10(2)23-13-7-8-22(9-12(13)19-17(23)24)16-20-15-11(18)5-4-6-14(15)21(16)3/h4-6,10,12-13H,7-9H2,1-3H3,(H,19,24)/t12-,13+/m1/s1. The number of rotatable bonds is 2. The maximum Gasteiger partial charge on any atom is 0.318 e. The first-order valence-corrected chi connectivity index (χ1v) is 8.42. The topological polar surface area (TPSA) is 53.4 Å². The van der Waals surface area contributed by atoms with E-state index in [9.17, 15) is 9.18 Å². The number of benzene rings is 1. The van der Waals surface area contributed by atoms with Gasteiger partial charge in [-0.2, -0.15) is 0 Å². The molecule has 0 radical (unpaired) electrons. The van der Waals surface area contributed by atoms with Crippen molar-refractivity contribution in [1.82, 2.24) is 19.8 Å². The zero-order valence-corrected chi connectivity index (χ0v) is 14.2. The van der Waals surface area contributed by atoms with Crippen LogP contribution in [0.25, 0.3) is 11.0 Å². The van der Waals surface area contributed by atoms with E-state index in [1.165, 1.54) is 6.07 Å². The maximum atomic E-state index is 14.0. The molecule has 2 aromatic rings. The summed E-state index contributed by atoms with van der Waals surface area (Å²) < 4.78 is 15.9. The number of carbonyl (C=O) groups excluding carboxylic acids is 1. The van der Waals surface area contributed by atoms with Gasteiger partial charge in [-0.15, -0.1) is 0 Å². The molecule has 2 aliphatic rings. The van der Waals surface area contributed by atoms with Crippen LogP contribution in [-0.2, 0) is 7.05 Å². The summed E-state index contributed by atoms with van der Waals surface area (Å²) in [7, 11) is 1.91. The molecule has 24 heavy (non-hydrogen) atoms. The summed E-state index contributed by atoms with van der Waals surface area (Å²) in [6, 6.07) is 5.52. The fourth-order valence-electron chi connectivity index (χ4n) is 4.05. The average Bonchev–Trinajstić information content (AvgIpc) is 3.04. The number of hydrogen-bond acceptors (Lipinski definition) is 3. The Balaban J connectivity index is 1.63. The van der Waals surface area contributed by atoms with Crippen LogP contribution in [0.2, 0.25) is 0 Å². The lowest BCUT2D eigenvalue weighted by Gasteiger charge is -2.38. The largest absolute Gasteiger partial charge is 0.340 e. The smallest absolute Gasteiger partial charge is 0.318 e. The summed E-state index contributed by atoms with van der Waals surface area (Å²) in [4.78, 5) is 20.8. The lowest BCUT2D eigenvalue weighted by Crippen LogP contribution is -2.52. The summed E-state index contributed by atoms with van der Waals surface area (Å²) in [6.45, 7) is 5.59. The molecule has 4 rings (SSSR count). The van der Waals surface area contributed by atoms with Crippen molar-refractivity contribution in [3.63, 3.8) is 0 Å². The van der Waals surface area contributed by atoms with Crippen molar-refractivity contribution in [3.05, 3.63) is 24.0 Å². The quantitative estimate of drug-likeness (QED) is 0.917. The highest BCUT2D eigenvalue weighted by Gasteiger charge is 2.44. The predicted octanol–water partition coefficient (Wildman–Crippen LogP) is 2.09. The normalized spacial score (nSPS) is 24.0. The maximum absolute atomic E-state index is 14.0.